The monoisotopic (exact) mass is 211 g/mol. The molecule has 3 unspecified atom stereocenters. The van der Waals surface area contributed by atoms with E-state index in [1.165, 1.54) is 0 Å². The molecule has 0 amide bonds. The first-order valence-electron chi connectivity index (χ1n) is 6.03. The highest BCUT2D eigenvalue weighted by Crippen LogP contribution is 2.25. The van der Waals surface area contributed by atoms with Gasteiger partial charge in [0, 0.05) is 31.5 Å². The summed E-state index contributed by atoms with van der Waals surface area (Å²) in [5, 5.41) is 0. The Morgan fingerprint density at radius 3 is 2.80 bits per heavy atom. The van der Waals surface area contributed by atoms with Gasteiger partial charge in [-0.1, -0.05) is 0 Å². The average molecular weight is 211 g/mol. The van der Waals surface area contributed by atoms with Crippen molar-refractivity contribution in [3.05, 3.63) is 0 Å². The molecule has 2 aliphatic rings. The van der Waals surface area contributed by atoms with E-state index >= 15 is 0 Å². The van der Waals surface area contributed by atoms with Crippen LogP contribution in [0.5, 0.6) is 0 Å². The van der Waals surface area contributed by atoms with E-state index in [-0.39, 0.29) is 0 Å². The van der Waals surface area contributed by atoms with Crippen LogP contribution in [0.15, 0.2) is 0 Å². The number of carbonyl (C=O) groups excluding carboxylic acids is 1. The lowest BCUT2D eigenvalue weighted by Gasteiger charge is -2.28. The fourth-order valence-corrected chi connectivity index (χ4v) is 2.86. The summed E-state index contributed by atoms with van der Waals surface area (Å²) in [6.45, 7) is 3.93. The van der Waals surface area contributed by atoms with Crippen molar-refractivity contribution in [2.45, 2.75) is 44.8 Å². The van der Waals surface area contributed by atoms with Gasteiger partial charge in [-0.25, -0.2) is 0 Å². The Hall–Kier alpha value is -0.410. The van der Waals surface area contributed by atoms with Gasteiger partial charge in [0.2, 0.25) is 0 Å². The molecule has 0 aromatic rings. The maximum absolute atomic E-state index is 11.5. The maximum Gasteiger partial charge on any atom is 0.137 e. The van der Waals surface area contributed by atoms with Crippen LogP contribution in [0.3, 0.4) is 0 Å². The molecule has 0 bridgehead atoms. The van der Waals surface area contributed by atoms with Gasteiger partial charge in [0.25, 0.3) is 0 Å². The van der Waals surface area contributed by atoms with Gasteiger partial charge in [-0.3, -0.25) is 4.79 Å². The van der Waals surface area contributed by atoms with Gasteiger partial charge in [-0.05, 0) is 33.2 Å². The number of rotatable bonds is 3. The minimum atomic E-state index is 0.294. The van der Waals surface area contributed by atoms with E-state index in [1.54, 1.807) is 0 Å². The van der Waals surface area contributed by atoms with Crippen LogP contribution in [0, 0.1) is 5.92 Å². The molecule has 0 aromatic carbocycles. The highest BCUT2D eigenvalue weighted by molar-refractivity contribution is 5.83. The van der Waals surface area contributed by atoms with Gasteiger partial charge >= 0.3 is 0 Å². The molecule has 0 spiro atoms. The van der Waals surface area contributed by atoms with Crippen LogP contribution >= 0.6 is 0 Å². The normalized spacial score (nSPS) is 36.7. The molecule has 15 heavy (non-hydrogen) atoms. The Kier molecular flexibility index (Phi) is 3.42. The summed E-state index contributed by atoms with van der Waals surface area (Å²) >= 11 is 0. The molecule has 1 saturated heterocycles. The molecular weight excluding hydrogens is 190 g/mol. The molecule has 2 rings (SSSR count). The first kappa shape index (κ1) is 11.1. The van der Waals surface area contributed by atoms with E-state index in [4.69, 9.17) is 4.74 Å². The SMILES string of the molecule is CC1OCCC1N(C)CC1CCCC1=O. The quantitative estimate of drug-likeness (QED) is 0.708. The van der Waals surface area contributed by atoms with E-state index in [9.17, 15) is 4.79 Å². The first-order chi connectivity index (χ1) is 7.18. The third kappa shape index (κ3) is 2.40. The number of hydrogen-bond donors (Lipinski definition) is 0. The fourth-order valence-electron chi connectivity index (χ4n) is 2.86. The Bertz CT molecular complexity index is 242. The van der Waals surface area contributed by atoms with Gasteiger partial charge in [0.1, 0.15) is 5.78 Å². The van der Waals surface area contributed by atoms with Gasteiger partial charge in [-0.15, -0.1) is 0 Å². The summed E-state index contributed by atoms with van der Waals surface area (Å²) < 4.78 is 5.55. The standard InChI is InChI=1S/C12H21NO2/c1-9-11(6-7-15-9)13(2)8-10-4-3-5-12(10)14/h9-11H,3-8H2,1-2H3. The molecule has 1 heterocycles. The van der Waals surface area contributed by atoms with Crippen LogP contribution < -0.4 is 0 Å². The maximum atomic E-state index is 11.5. The lowest BCUT2D eigenvalue weighted by atomic mass is 10.0. The predicted molar refractivity (Wildman–Crippen MR) is 58.8 cm³/mol. The number of ketones is 1. The second kappa shape index (κ2) is 4.62. The zero-order valence-electron chi connectivity index (χ0n) is 9.74. The summed E-state index contributed by atoms with van der Waals surface area (Å²) in [5.74, 6) is 0.760. The smallest absolute Gasteiger partial charge is 0.137 e. The van der Waals surface area contributed by atoms with Crippen LogP contribution in [-0.2, 0) is 9.53 Å². The van der Waals surface area contributed by atoms with Crippen molar-refractivity contribution in [1.29, 1.82) is 0 Å². The Balaban J connectivity index is 1.85. The summed E-state index contributed by atoms with van der Waals surface area (Å²) in [6, 6.07) is 0.512. The second-order valence-corrected chi connectivity index (χ2v) is 4.93. The van der Waals surface area contributed by atoms with Crippen LogP contribution in [0.4, 0.5) is 0 Å². The summed E-state index contributed by atoms with van der Waals surface area (Å²) in [6.07, 6.45) is 4.42. The van der Waals surface area contributed by atoms with Crippen molar-refractivity contribution in [2.24, 2.45) is 5.92 Å². The van der Waals surface area contributed by atoms with Gasteiger partial charge in [0.15, 0.2) is 0 Å². The highest BCUT2D eigenvalue weighted by Gasteiger charge is 2.32. The number of likely N-dealkylation sites (N-methyl/N-ethyl adjacent to an activating group) is 1. The van der Waals surface area contributed by atoms with Gasteiger partial charge in [0.05, 0.1) is 6.10 Å². The summed E-state index contributed by atoms with van der Waals surface area (Å²) in [4.78, 5) is 13.9. The minimum Gasteiger partial charge on any atom is -0.377 e. The molecule has 0 N–H and O–H groups in total. The summed E-state index contributed by atoms with van der Waals surface area (Å²) in [5.41, 5.74) is 0. The van der Waals surface area contributed by atoms with Crippen LogP contribution in [0.25, 0.3) is 0 Å². The first-order valence-corrected chi connectivity index (χ1v) is 6.03. The van der Waals surface area contributed by atoms with Crippen molar-refractivity contribution in [2.75, 3.05) is 20.2 Å². The van der Waals surface area contributed by atoms with E-state index in [0.29, 0.717) is 23.8 Å². The molecule has 3 nitrogen and oxygen atoms in total. The predicted octanol–water partition coefficient (Wildman–Crippen LogP) is 1.46. The molecule has 3 heteroatoms. The number of Topliss-reactive ketones (excluding diaryl/α,β-unsaturated/α-hetero) is 1. The van der Waals surface area contributed by atoms with Crippen molar-refractivity contribution < 1.29 is 9.53 Å². The number of nitrogens with zero attached hydrogens (tertiary/aromatic N) is 1. The van der Waals surface area contributed by atoms with E-state index in [0.717, 1.165) is 38.8 Å². The van der Waals surface area contributed by atoms with Crippen LogP contribution in [0.2, 0.25) is 0 Å². The molecular formula is C12H21NO2. The minimum absolute atomic E-state index is 0.294. The lowest BCUT2D eigenvalue weighted by molar-refractivity contribution is -0.121. The van der Waals surface area contributed by atoms with Crippen LogP contribution in [-0.4, -0.2) is 43.0 Å². The second-order valence-electron chi connectivity index (χ2n) is 4.93. The zero-order valence-corrected chi connectivity index (χ0v) is 9.74. The highest BCUT2D eigenvalue weighted by atomic mass is 16.5. The molecule has 1 aliphatic carbocycles. The van der Waals surface area contributed by atoms with Crippen LogP contribution in [0.1, 0.15) is 32.6 Å². The molecule has 1 saturated carbocycles. The fraction of sp³-hybridized carbons (Fsp3) is 0.917. The Morgan fingerprint density at radius 1 is 1.47 bits per heavy atom. The Morgan fingerprint density at radius 2 is 2.27 bits per heavy atom. The van der Waals surface area contributed by atoms with E-state index in [2.05, 4.69) is 18.9 Å². The number of carbonyl (C=O) groups is 1. The van der Waals surface area contributed by atoms with Gasteiger partial charge in [-0.2, -0.15) is 0 Å². The number of ether oxygens (including phenoxy) is 1. The molecule has 0 aromatic heterocycles. The molecule has 1 aliphatic heterocycles. The lowest BCUT2D eigenvalue weighted by Crippen LogP contribution is -2.40. The summed E-state index contributed by atoms with van der Waals surface area (Å²) in [7, 11) is 2.13. The molecule has 0 radical (unpaired) electrons. The average Bonchev–Trinajstić information content (AvgIpc) is 2.76. The van der Waals surface area contributed by atoms with E-state index < -0.39 is 0 Å². The molecule has 2 fully saturated rings. The molecule has 3 atom stereocenters. The topological polar surface area (TPSA) is 29.5 Å². The number of hydrogen-bond acceptors (Lipinski definition) is 3. The zero-order chi connectivity index (χ0) is 10.8. The largest absolute Gasteiger partial charge is 0.377 e. The van der Waals surface area contributed by atoms with Crippen molar-refractivity contribution >= 4 is 5.78 Å². The van der Waals surface area contributed by atoms with Crippen molar-refractivity contribution in [3.63, 3.8) is 0 Å². The molecule has 86 valence electrons. The van der Waals surface area contributed by atoms with Crippen molar-refractivity contribution in [1.82, 2.24) is 4.90 Å². The Labute approximate surface area is 91.8 Å². The van der Waals surface area contributed by atoms with E-state index in [1.807, 2.05) is 0 Å². The third-order valence-electron chi connectivity index (χ3n) is 3.84. The third-order valence-corrected chi connectivity index (χ3v) is 3.84. The van der Waals surface area contributed by atoms with Crippen molar-refractivity contribution in [3.8, 4) is 0 Å². The van der Waals surface area contributed by atoms with Gasteiger partial charge < -0.3 is 9.64 Å².